The maximum atomic E-state index is 10.8. The van der Waals surface area contributed by atoms with Gasteiger partial charge in [0.2, 0.25) is 0 Å². The van der Waals surface area contributed by atoms with E-state index in [0.29, 0.717) is 0 Å². The highest BCUT2D eigenvalue weighted by molar-refractivity contribution is 5.73. The maximum absolute atomic E-state index is 10.8. The van der Waals surface area contributed by atoms with Crippen LogP contribution in [0, 0.1) is 0 Å². The van der Waals surface area contributed by atoms with Gasteiger partial charge in [-0.1, -0.05) is 25.5 Å². The van der Waals surface area contributed by atoms with Gasteiger partial charge >= 0.3 is 6.03 Å². The van der Waals surface area contributed by atoms with E-state index in [1.807, 2.05) is 24.3 Å². The second kappa shape index (κ2) is 6.71. The van der Waals surface area contributed by atoms with Gasteiger partial charge in [-0.05, 0) is 24.1 Å². The van der Waals surface area contributed by atoms with Crippen molar-refractivity contribution in [2.45, 2.75) is 19.8 Å². The first-order valence-electron chi connectivity index (χ1n) is 5.43. The number of carbonyl (C=O) groups excluding carboxylic acids is 1. The highest BCUT2D eigenvalue weighted by Gasteiger charge is 1.97. The molecule has 0 bridgehead atoms. The Morgan fingerprint density at radius 2 is 2.00 bits per heavy atom. The predicted molar refractivity (Wildman–Crippen MR) is 63.5 cm³/mol. The van der Waals surface area contributed by atoms with Crippen molar-refractivity contribution < 1.29 is 9.53 Å². The average molecular weight is 222 g/mol. The topological polar surface area (TPSA) is 50.4 Å². The first-order chi connectivity index (χ1) is 7.76. The quantitative estimate of drug-likeness (QED) is 0.748. The maximum Gasteiger partial charge on any atom is 0.317 e. The smallest absolute Gasteiger partial charge is 0.317 e. The van der Waals surface area contributed by atoms with Crippen molar-refractivity contribution >= 4 is 6.03 Å². The number of hydrogen-bond acceptors (Lipinski definition) is 2. The van der Waals surface area contributed by atoms with Crippen LogP contribution in [0.25, 0.3) is 0 Å². The van der Waals surface area contributed by atoms with Gasteiger partial charge < -0.3 is 15.4 Å². The first kappa shape index (κ1) is 12.4. The largest absolute Gasteiger partial charge is 0.473 e. The zero-order valence-corrected chi connectivity index (χ0v) is 9.75. The van der Waals surface area contributed by atoms with Crippen LogP contribution in [0.3, 0.4) is 0 Å². The van der Waals surface area contributed by atoms with Gasteiger partial charge in [-0.15, -0.1) is 0 Å². The third-order valence-electron chi connectivity index (χ3n) is 2.16. The van der Waals surface area contributed by atoms with Crippen LogP contribution in [0.2, 0.25) is 0 Å². The molecule has 0 spiro atoms. The van der Waals surface area contributed by atoms with Crippen molar-refractivity contribution in [1.29, 1.82) is 0 Å². The van der Waals surface area contributed by atoms with Gasteiger partial charge in [0.15, 0.2) is 6.73 Å². The molecule has 1 rings (SSSR count). The normalized spacial score (nSPS) is 9.62. The van der Waals surface area contributed by atoms with E-state index in [-0.39, 0.29) is 12.8 Å². The summed E-state index contributed by atoms with van der Waals surface area (Å²) in [6, 6.07) is 7.66. The van der Waals surface area contributed by atoms with Crippen LogP contribution >= 0.6 is 0 Å². The minimum absolute atomic E-state index is 0.173. The van der Waals surface area contributed by atoms with E-state index in [4.69, 9.17) is 4.74 Å². The molecule has 0 fully saturated rings. The van der Waals surface area contributed by atoms with Crippen LogP contribution < -0.4 is 15.4 Å². The molecule has 0 unspecified atom stereocenters. The molecule has 16 heavy (non-hydrogen) atoms. The lowest BCUT2D eigenvalue weighted by atomic mass is 10.1. The first-order valence-corrected chi connectivity index (χ1v) is 5.43. The van der Waals surface area contributed by atoms with E-state index in [1.54, 1.807) is 7.05 Å². The van der Waals surface area contributed by atoms with Crippen molar-refractivity contribution in [3.05, 3.63) is 29.8 Å². The van der Waals surface area contributed by atoms with Crippen molar-refractivity contribution in [2.24, 2.45) is 0 Å². The zero-order chi connectivity index (χ0) is 11.8. The minimum Gasteiger partial charge on any atom is -0.473 e. The number of nitrogens with one attached hydrogen (secondary N) is 2. The van der Waals surface area contributed by atoms with Crippen molar-refractivity contribution in [1.82, 2.24) is 10.6 Å². The molecule has 1 aromatic carbocycles. The summed E-state index contributed by atoms with van der Waals surface area (Å²) >= 11 is 0. The van der Waals surface area contributed by atoms with Crippen molar-refractivity contribution in [2.75, 3.05) is 13.8 Å². The Balaban J connectivity index is 2.34. The van der Waals surface area contributed by atoms with Gasteiger partial charge in [-0.3, -0.25) is 0 Å². The molecule has 88 valence electrons. The molecule has 0 aliphatic carbocycles. The number of amides is 2. The van der Waals surface area contributed by atoms with Gasteiger partial charge in [-0.2, -0.15) is 0 Å². The lowest BCUT2D eigenvalue weighted by Gasteiger charge is -2.08. The van der Waals surface area contributed by atoms with Gasteiger partial charge in [0.05, 0.1) is 0 Å². The minimum atomic E-state index is -0.248. The molecule has 0 aliphatic heterocycles. The lowest BCUT2D eigenvalue weighted by molar-refractivity contribution is 0.226. The molecule has 0 radical (unpaired) electrons. The summed E-state index contributed by atoms with van der Waals surface area (Å²) in [5.41, 5.74) is 1.30. The number of hydrogen-bond donors (Lipinski definition) is 2. The summed E-state index contributed by atoms with van der Waals surface area (Å²) < 4.78 is 5.34. The Kier molecular flexibility index (Phi) is 5.19. The number of aryl methyl sites for hydroxylation is 1. The van der Waals surface area contributed by atoms with Crippen LogP contribution in [-0.2, 0) is 6.42 Å². The Morgan fingerprint density at radius 1 is 1.31 bits per heavy atom. The standard InChI is InChI=1S/C12H18N2O2/c1-3-4-10-5-7-11(8-6-10)16-9-14-12(15)13-2/h5-8H,3-4,9H2,1-2H3,(H2,13,14,15). The highest BCUT2D eigenvalue weighted by Crippen LogP contribution is 2.12. The SMILES string of the molecule is CCCc1ccc(OCNC(=O)NC)cc1. The summed E-state index contributed by atoms with van der Waals surface area (Å²) in [6.07, 6.45) is 2.22. The summed E-state index contributed by atoms with van der Waals surface area (Å²) in [5, 5.41) is 5.00. The van der Waals surface area contributed by atoms with E-state index in [9.17, 15) is 4.79 Å². The third-order valence-corrected chi connectivity index (χ3v) is 2.16. The van der Waals surface area contributed by atoms with Gasteiger partial charge in [0.1, 0.15) is 5.75 Å². The van der Waals surface area contributed by atoms with E-state index in [1.165, 1.54) is 5.56 Å². The van der Waals surface area contributed by atoms with Gasteiger partial charge in [-0.25, -0.2) is 4.79 Å². The molecule has 1 aromatic rings. The summed E-state index contributed by atoms with van der Waals surface area (Å²) in [6.45, 7) is 2.32. The summed E-state index contributed by atoms with van der Waals surface area (Å²) in [5.74, 6) is 0.760. The fourth-order valence-electron chi connectivity index (χ4n) is 1.31. The zero-order valence-electron chi connectivity index (χ0n) is 9.75. The van der Waals surface area contributed by atoms with E-state index >= 15 is 0 Å². The second-order valence-electron chi connectivity index (χ2n) is 3.44. The van der Waals surface area contributed by atoms with Crippen LogP contribution in [0.5, 0.6) is 5.75 Å². The Bertz CT molecular complexity index is 322. The van der Waals surface area contributed by atoms with E-state index in [0.717, 1.165) is 18.6 Å². The molecule has 0 heterocycles. The molecule has 0 saturated heterocycles. The second-order valence-corrected chi connectivity index (χ2v) is 3.44. The van der Waals surface area contributed by atoms with Gasteiger partial charge in [0, 0.05) is 7.05 Å². The Morgan fingerprint density at radius 3 is 2.56 bits per heavy atom. The number of ether oxygens (including phenoxy) is 1. The van der Waals surface area contributed by atoms with Gasteiger partial charge in [0.25, 0.3) is 0 Å². The molecule has 0 saturated carbocycles. The van der Waals surface area contributed by atoms with E-state index in [2.05, 4.69) is 17.6 Å². The van der Waals surface area contributed by atoms with E-state index < -0.39 is 0 Å². The van der Waals surface area contributed by atoms with Crippen LogP contribution in [0.15, 0.2) is 24.3 Å². The van der Waals surface area contributed by atoms with Crippen molar-refractivity contribution in [3.8, 4) is 5.75 Å². The van der Waals surface area contributed by atoms with Crippen LogP contribution in [0.4, 0.5) is 4.79 Å². The number of urea groups is 1. The van der Waals surface area contributed by atoms with Crippen molar-refractivity contribution in [3.63, 3.8) is 0 Å². The van der Waals surface area contributed by atoms with Crippen LogP contribution in [-0.4, -0.2) is 19.8 Å². The fraction of sp³-hybridized carbons (Fsp3) is 0.417. The summed E-state index contributed by atoms with van der Waals surface area (Å²) in [4.78, 5) is 10.8. The third kappa shape index (κ3) is 4.21. The molecule has 2 amide bonds. The lowest BCUT2D eigenvalue weighted by Crippen LogP contribution is -2.35. The summed E-state index contributed by atoms with van der Waals surface area (Å²) in [7, 11) is 1.56. The molecule has 4 nitrogen and oxygen atoms in total. The molecule has 0 aromatic heterocycles. The van der Waals surface area contributed by atoms with Crippen LogP contribution in [0.1, 0.15) is 18.9 Å². The molecule has 0 atom stereocenters. The molecular formula is C12H18N2O2. The molecule has 0 aliphatic rings. The Hall–Kier alpha value is -1.71. The average Bonchev–Trinajstić information content (AvgIpc) is 2.31. The molecular weight excluding hydrogens is 204 g/mol. The number of carbonyl (C=O) groups is 1. The Labute approximate surface area is 96.0 Å². The fourth-order valence-corrected chi connectivity index (χ4v) is 1.31. The monoisotopic (exact) mass is 222 g/mol. The molecule has 2 N–H and O–H groups in total. The number of rotatable bonds is 5. The number of benzene rings is 1. The molecule has 4 heteroatoms. The predicted octanol–water partition coefficient (Wildman–Crippen LogP) is 1.90. The highest BCUT2D eigenvalue weighted by atomic mass is 16.5.